The van der Waals surface area contributed by atoms with E-state index >= 15 is 0 Å². The fraction of sp³-hybridized carbons (Fsp3) is 0.100. The highest BCUT2D eigenvalue weighted by molar-refractivity contribution is 5.96. The van der Waals surface area contributed by atoms with Crippen molar-refractivity contribution >= 4 is 11.6 Å². The Morgan fingerprint density at radius 3 is 2.38 bits per heavy atom. The maximum absolute atomic E-state index is 12.4. The van der Waals surface area contributed by atoms with Gasteiger partial charge in [0.1, 0.15) is 6.33 Å². The lowest BCUT2D eigenvalue weighted by molar-refractivity contribution is 0.0969. The first-order valence-corrected chi connectivity index (χ1v) is 7.85. The highest BCUT2D eigenvalue weighted by Gasteiger charge is 2.11. The molecule has 120 valence electrons. The molecule has 0 aliphatic rings. The van der Waals surface area contributed by atoms with E-state index in [1.165, 1.54) is 10.9 Å². The Hall–Kier alpha value is -3.14. The third kappa shape index (κ3) is 3.79. The van der Waals surface area contributed by atoms with Crippen LogP contribution < -0.4 is 5.32 Å². The lowest BCUT2D eigenvalue weighted by atomic mass is 10.1. The molecule has 0 aliphatic carbocycles. The van der Waals surface area contributed by atoms with E-state index in [0.717, 1.165) is 16.8 Å². The van der Waals surface area contributed by atoms with E-state index in [2.05, 4.69) is 29.4 Å². The van der Waals surface area contributed by atoms with Crippen molar-refractivity contribution in [3.05, 3.63) is 96.6 Å². The minimum Gasteiger partial charge on any atom is -0.378 e. The first kappa shape index (κ1) is 15.7. The number of carbonyl (C=O) groups is 1. The molecule has 24 heavy (non-hydrogen) atoms. The minimum atomic E-state index is -0.140. The largest absolute Gasteiger partial charge is 0.378 e. The van der Waals surface area contributed by atoms with Gasteiger partial charge in [-0.2, -0.15) is 0 Å². The van der Waals surface area contributed by atoms with Crippen LogP contribution in [0.1, 0.15) is 28.9 Å². The summed E-state index contributed by atoms with van der Waals surface area (Å²) in [4.78, 5) is 16.3. The zero-order chi connectivity index (χ0) is 16.8. The van der Waals surface area contributed by atoms with Gasteiger partial charge in [-0.3, -0.25) is 9.36 Å². The molecule has 0 spiro atoms. The van der Waals surface area contributed by atoms with Crippen molar-refractivity contribution in [1.82, 2.24) is 14.9 Å². The number of nitrogens with zero attached hydrogens (tertiary/aromatic N) is 2. The predicted molar refractivity (Wildman–Crippen MR) is 95.3 cm³/mol. The van der Waals surface area contributed by atoms with Crippen molar-refractivity contribution in [3.8, 4) is 0 Å². The second-order valence-corrected chi connectivity index (χ2v) is 5.51. The molecule has 1 N–H and O–H groups in total. The molecule has 3 rings (SSSR count). The number of imidazole rings is 1. The smallest absolute Gasteiger partial charge is 0.257 e. The number of rotatable bonds is 5. The molecule has 3 aromatic rings. The van der Waals surface area contributed by atoms with Gasteiger partial charge < -0.3 is 5.32 Å². The fourth-order valence-corrected chi connectivity index (χ4v) is 2.47. The van der Waals surface area contributed by atoms with E-state index < -0.39 is 0 Å². The van der Waals surface area contributed by atoms with Crippen molar-refractivity contribution in [2.75, 3.05) is 0 Å². The van der Waals surface area contributed by atoms with Crippen LogP contribution >= 0.6 is 0 Å². The second-order valence-electron chi connectivity index (χ2n) is 5.51. The van der Waals surface area contributed by atoms with Gasteiger partial charge in [-0.15, -0.1) is 0 Å². The van der Waals surface area contributed by atoms with E-state index in [0.29, 0.717) is 0 Å². The molecule has 4 nitrogen and oxygen atoms in total. The van der Waals surface area contributed by atoms with Crippen LogP contribution in [0, 0.1) is 0 Å². The van der Waals surface area contributed by atoms with Gasteiger partial charge in [-0.05, 0) is 18.1 Å². The Balaban J connectivity index is 1.89. The Labute approximate surface area is 141 Å². The number of aromatic nitrogens is 2. The molecule has 1 atom stereocenters. The molecule has 0 aliphatic heterocycles. The normalized spacial score (nSPS) is 12.6. The summed E-state index contributed by atoms with van der Waals surface area (Å²) in [5, 5.41) is 3.45. The first-order chi connectivity index (χ1) is 11.7. The molecule has 1 heterocycles. The molecule has 0 radical (unpaired) electrons. The van der Waals surface area contributed by atoms with Crippen molar-refractivity contribution in [3.63, 3.8) is 0 Å². The van der Waals surface area contributed by atoms with Crippen LogP contribution in [-0.2, 0) is 0 Å². The van der Waals surface area contributed by atoms with Crippen LogP contribution in [0.15, 0.2) is 85.5 Å². The second kappa shape index (κ2) is 7.42. The molecule has 0 bridgehead atoms. The van der Waals surface area contributed by atoms with Crippen LogP contribution in [0.3, 0.4) is 0 Å². The van der Waals surface area contributed by atoms with Gasteiger partial charge in [0, 0.05) is 30.2 Å². The lowest BCUT2D eigenvalue weighted by Crippen LogP contribution is -2.19. The summed E-state index contributed by atoms with van der Waals surface area (Å²) >= 11 is 0. The molecule has 0 saturated carbocycles. The minimum absolute atomic E-state index is 0.0771. The SMILES string of the molecule is CC(N/C(=C\C(=O)n1ccnc1)c1ccccc1)c1ccccc1. The number of hydrogen-bond acceptors (Lipinski definition) is 3. The summed E-state index contributed by atoms with van der Waals surface area (Å²) in [6.45, 7) is 2.08. The third-order valence-corrected chi connectivity index (χ3v) is 3.78. The van der Waals surface area contributed by atoms with Crippen LogP contribution in [0.4, 0.5) is 0 Å². The Bertz CT molecular complexity index is 809. The average molecular weight is 317 g/mol. The van der Waals surface area contributed by atoms with Gasteiger partial charge in [0.2, 0.25) is 0 Å². The molecule has 0 saturated heterocycles. The van der Waals surface area contributed by atoms with Crippen LogP contribution in [0.5, 0.6) is 0 Å². The zero-order valence-electron chi connectivity index (χ0n) is 13.5. The Morgan fingerprint density at radius 1 is 1.08 bits per heavy atom. The fourth-order valence-electron chi connectivity index (χ4n) is 2.47. The number of benzene rings is 2. The Morgan fingerprint density at radius 2 is 1.75 bits per heavy atom. The summed E-state index contributed by atoms with van der Waals surface area (Å²) in [7, 11) is 0. The Kier molecular flexibility index (Phi) is 4.87. The van der Waals surface area contributed by atoms with Gasteiger partial charge in [0.05, 0.1) is 0 Å². The van der Waals surface area contributed by atoms with Crippen LogP contribution in [0.25, 0.3) is 5.70 Å². The maximum atomic E-state index is 12.4. The molecular formula is C20H19N3O. The lowest BCUT2D eigenvalue weighted by Gasteiger charge is -2.19. The third-order valence-electron chi connectivity index (χ3n) is 3.78. The van der Waals surface area contributed by atoms with Gasteiger partial charge in [-0.25, -0.2) is 4.98 Å². The molecule has 1 aromatic heterocycles. The van der Waals surface area contributed by atoms with Gasteiger partial charge in [0.25, 0.3) is 5.91 Å². The van der Waals surface area contributed by atoms with E-state index in [1.807, 2.05) is 48.5 Å². The number of hydrogen-bond donors (Lipinski definition) is 1. The van der Waals surface area contributed by atoms with E-state index in [9.17, 15) is 4.79 Å². The molecule has 4 heteroatoms. The molecule has 0 fully saturated rings. The van der Waals surface area contributed by atoms with Crippen LogP contribution in [-0.4, -0.2) is 15.5 Å². The molecule has 1 unspecified atom stereocenters. The van der Waals surface area contributed by atoms with Crippen molar-refractivity contribution < 1.29 is 4.79 Å². The van der Waals surface area contributed by atoms with Gasteiger partial charge in [0.15, 0.2) is 0 Å². The average Bonchev–Trinajstić information content (AvgIpc) is 3.17. The molecule has 2 aromatic carbocycles. The summed E-state index contributed by atoms with van der Waals surface area (Å²) < 4.78 is 1.46. The van der Waals surface area contributed by atoms with Gasteiger partial charge in [-0.1, -0.05) is 60.7 Å². The number of carbonyl (C=O) groups excluding carboxylic acids is 1. The topological polar surface area (TPSA) is 46.9 Å². The maximum Gasteiger partial charge on any atom is 0.257 e. The summed E-state index contributed by atoms with van der Waals surface area (Å²) in [6, 6.07) is 20.1. The summed E-state index contributed by atoms with van der Waals surface area (Å²) in [6.07, 6.45) is 6.34. The van der Waals surface area contributed by atoms with E-state index in [1.54, 1.807) is 18.5 Å². The monoisotopic (exact) mass is 317 g/mol. The number of allylic oxidation sites excluding steroid dienone is 1. The standard InChI is InChI=1S/C20H19N3O/c1-16(17-8-4-2-5-9-17)22-19(18-10-6-3-7-11-18)14-20(24)23-13-12-21-15-23/h2-16,22H,1H3/b19-14-. The van der Waals surface area contributed by atoms with Gasteiger partial charge >= 0.3 is 0 Å². The van der Waals surface area contributed by atoms with Crippen molar-refractivity contribution in [2.45, 2.75) is 13.0 Å². The van der Waals surface area contributed by atoms with E-state index in [-0.39, 0.29) is 11.9 Å². The molecular weight excluding hydrogens is 298 g/mol. The van der Waals surface area contributed by atoms with E-state index in [4.69, 9.17) is 0 Å². The first-order valence-electron chi connectivity index (χ1n) is 7.85. The highest BCUT2D eigenvalue weighted by atomic mass is 16.1. The van der Waals surface area contributed by atoms with Crippen molar-refractivity contribution in [2.24, 2.45) is 0 Å². The van der Waals surface area contributed by atoms with Crippen molar-refractivity contribution in [1.29, 1.82) is 0 Å². The summed E-state index contributed by atoms with van der Waals surface area (Å²) in [5.41, 5.74) is 2.91. The molecule has 0 amide bonds. The summed E-state index contributed by atoms with van der Waals surface area (Å²) in [5.74, 6) is -0.140. The predicted octanol–water partition coefficient (Wildman–Crippen LogP) is 3.92. The quantitative estimate of drug-likeness (QED) is 0.726. The van der Waals surface area contributed by atoms with Crippen LogP contribution in [0.2, 0.25) is 0 Å². The highest BCUT2D eigenvalue weighted by Crippen LogP contribution is 2.19. The zero-order valence-corrected chi connectivity index (χ0v) is 13.5. The number of nitrogens with one attached hydrogen (secondary N) is 1.